The summed E-state index contributed by atoms with van der Waals surface area (Å²) in [7, 11) is 1.60. The third-order valence-electron chi connectivity index (χ3n) is 7.95. The highest BCUT2D eigenvalue weighted by molar-refractivity contribution is 7.80. The molecule has 0 aromatic heterocycles. The number of nitrogens with zero attached hydrogens (tertiary/aromatic N) is 2. The van der Waals surface area contributed by atoms with Gasteiger partial charge in [0, 0.05) is 22.5 Å². The summed E-state index contributed by atoms with van der Waals surface area (Å²) in [6.07, 6.45) is 0. The van der Waals surface area contributed by atoms with E-state index < -0.39 is 11.1 Å². The highest BCUT2D eigenvalue weighted by Gasteiger charge is 2.77. The zero-order valence-electron chi connectivity index (χ0n) is 21.0. The van der Waals surface area contributed by atoms with Crippen LogP contribution in [0.5, 0.6) is 5.75 Å². The van der Waals surface area contributed by atoms with E-state index in [2.05, 4.69) is 10.6 Å². The van der Waals surface area contributed by atoms with Gasteiger partial charge < -0.3 is 20.3 Å². The molecular weight excluding hydrogens is 508 g/mol. The number of methoxy groups -OCH3 is 1. The molecule has 7 rings (SSSR count). The molecule has 3 heterocycles. The fourth-order valence-electron chi connectivity index (χ4n) is 6.35. The summed E-state index contributed by atoms with van der Waals surface area (Å²) in [4.78, 5) is 32.9. The Morgan fingerprint density at radius 2 is 1.49 bits per heavy atom. The topological polar surface area (TPSA) is 73.9 Å². The van der Waals surface area contributed by atoms with Crippen LogP contribution in [0.2, 0.25) is 0 Å². The molecule has 2 N–H and O–H groups in total. The second kappa shape index (κ2) is 8.41. The Morgan fingerprint density at radius 3 is 2.23 bits per heavy atom. The summed E-state index contributed by atoms with van der Waals surface area (Å²) in [5.41, 5.74) is 1.41. The van der Waals surface area contributed by atoms with Gasteiger partial charge in [-0.3, -0.25) is 14.5 Å². The van der Waals surface area contributed by atoms with Gasteiger partial charge in [0.25, 0.3) is 11.8 Å². The minimum atomic E-state index is -1.52. The molecule has 0 aliphatic carbocycles. The predicted octanol–water partition coefficient (Wildman–Crippen LogP) is 4.68. The fraction of sp³-hybridized carbons (Fsp3) is 0.129. The largest absolute Gasteiger partial charge is 0.497 e. The lowest BCUT2D eigenvalue weighted by Gasteiger charge is -2.41. The average Bonchev–Trinajstić information content (AvgIpc) is 3.51. The van der Waals surface area contributed by atoms with Crippen molar-refractivity contribution in [1.29, 1.82) is 0 Å². The van der Waals surface area contributed by atoms with Crippen molar-refractivity contribution in [3.05, 3.63) is 120 Å². The molecule has 1 saturated heterocycles. The number of fused-ring (bicyclic) bond motifs is 5. The number of ether oxygens (including phenoxy) is 1. The Labute approximate surface area is 231 Å². The Bertz CT molecular complexity index is 1660. The van der Waals surface area contributed by atoms with Crippen LogP contribution in [0, 0.1) is 0 Å². The molecule has 39 heavy (non-hydrogen) atoms. The molecule has 0 bridgehead atoms. The zero-order chi connectivity index (χ0) is 26.8. The van der Waals surface area contributed by atoms with Gasteiger partial charge in [-0.1, -0.05) is 66.7 Å². The van der Waals surface area contributed by atoms with Gasteiger partial charge in [-0.05, 0) is 54.2 Å². The van der Waals surface area contributed by atoms with Crippen molar-refractivity contribution in [1.82, 2.24) is 5.32 Å². The summed E-state index contributed by atoms with van der Waals surface area (Å²) in [6.45, 7) is 0.356. The Kier molecular flexibility index (Phi) is 5.05. The van der Waals surface area contributed by atoms with Crippen LogP contribution in [0.3, 0.4) is 0 Å². The summed E-state index contributed by atoms with van der Waals surface area (Å²) < 4.78 is 5.37. The summed E-state index contributed by atoms with van der Waals surface area (Å²) in [6, 6.07) is 32.4. The number of carbonyl (C=O) groups excluding carboxylic acids is 2. The molecule has 8 heteroatoms. The van der Waals surface area contributed by atoms with Gasteiger partial charge in [0.15, 0.2) is 16.2 Å². The Hall–Kier alpha value is -4.69. The summed E-state index contributed by atoms with van der Waals surface area (Å²) in [5, 5.41) is 6.76. The van der Waals surface area contributed by atoms with Gasteiger partial charge in [0.2, 0.25) is 0 Å². The summed E-state index contributed by atoms with van der Waals surface area (Å²) >= 11 is 5.97. The highest BCUT2D eigenvalue weighted by Crippen LogP contribution is 2.60. The number of para-hydroxylation sites is 2. The third kappa shape index (κ3) is 2.94. The first-order valence-electron chi connectivity index (χ1n) is 12.6. The van der Waals surface area contributed by atoms with Gasteiger partial charge in [-0.2, -0.15) is 0 Å². The van der Waals surface area contributed by atoms with E-state index in [1.807, 2.05) is 103 Å². The molecule has 1 fully saturated rings. The first-order chi connectivity index (χ1) is 19.0. The van der Waals surface area contributed by atoms with Crippen LogP contribution in [0.1, 0.15) is 16.7 Å². The number of thiocarbonyl (C=S) groups is 1. The molecule has 4 aromatic rings. The lowest BCUT2D eigenvalue weighted by atomic mass is 9.69. The molecular formula is C31H24N4O3S. The lowest BCUT2D eigenvalue weighted by molar-refractivity contribution is -0.133. The number of anilines is 3. The first-order valence-corrected chi connectivity index (χ1v) is 13.1. The molecule has 3 aliphatic rings. The van der Waals surface area contributed by atoms with Crippen molar-refractivity contribution in [3.8, 4) is 5.75 Å². The van der Waals surface area contributed by atoms with Crippen molar-refractivity contribution in [2.45, 2.75) is 17.6 Å². The SMILES string of the molecule is COc1ccc(N2C(=S)N[C@]3(C(=O)N(Cc4ccccc4)c4ccccc43)[C@@]23C(=O)Nc2ccccc23)cc1. The lowest BCUT2D eigenvalue weighted by Crippen LogP contribution is -2.64. The molecule has 0 radical (unpaired) electrons. The van der Waals surface area contributed by atoms with E-state index in [4.69, 9.17) is 17.0 Å². The molecule has 4 aromatic carbocycles. The molecule has 7 nitrogen and oxygen atoms in total. The standard InChI is InChI=1S/C31H24N4O3S/c1-38-22-17-15-21(16-18-22)35-29(39)33-30(31(35)23-11-5-7-13-25(23)32-27(31)36)24-12-6-8-14-26(24)34(28(30)37)19-20-9-3-2-4-10-20/h2-18H,19H2,1H3,(H,32,36)(H,33,39)/t30-,31-/m1/s1. The first kappa shape index (κ1) is 23.4. The van der Waals surface area contributed by atoms with Gasteiger partial charge in [-0.25, -0.2) is 0 Å². The van der Waals surface area contributed by atoms with E-state index in [1.165, 1.54) is 0 Å². The normalized spacial score (nSPS) is 22.7. The van der Waals surface area contributed by atoms with E-state index in [1.54, 1.807) is 16.9 Å². The molecule has 2 spiro atoms. The van der Waals surface area contributed by atoms with Gasteiger partial charge in [-0.15, -0.1) is 0 Å². The number of hydrogen-bond acceptors (Lipinski definition) is 4. The zero-order valence-corrected chi connectivity index (χ0v) is 21.9. The molecule has 0 saturated carbocycles. The average molecular weight is 533 g/mol. The number of hydrogen-bond donors (Lipinski definition) is 2. The smallest absolute Gasteiger partial charge is 0.261 e. The second-order valence-electron chi connectivity index (χ2n) is 9.82. The summed E-state index contributed by atoms with van der Waals surface area (Å²) in [5.74, 6) is 0.113. The third-order valence-corrected chi connectivity index (χ3v) is 8.23. The Morgan fingerprint density at radius 1 is 0.821 bits per heavy atom. The molecule has 192 valence electrons. The fourth-order valence-corrected chi connectivity index (χ4v) is 6.75. The maximum Gasteiger partial charge on any atom is 0.261 e. The van der Waals surface area contributed by atoms with Crippen molar-refractivity contribution >= 4 is 46.2 Å². The van der Waals surface area contributed by atoms with Crippen molar-refractivity contribution < 1.29 is 14.3 Å². The van der Waals surface area contributed by atoms with E-state index in [9.17, 15) is 9.59 Å². The van der Waals surface area contributed by atoms with Crippen LogP contribution in [0.15, 0.2) is 103 Å². The molecule has 2 atom stereocenters. The van der Waals surface area contributed by atoms with Crippen LogP contribution < -0.4 is 25.2 Å². The number of nitrogens with one attached hydrogen (secondary N) is 2. The van der Waals surface area contributed by atoms with Gasteiger partial charge in [0.1, 0.15) is 5.75 Å². The monoisotopic (exact) mass is 532 g/mol. The maximum absolute atomic E-state index is 14.9. The van der Waals surface area contributed by atoms with Crippen molar-refractivity contribution in [2.24, 2.45) is 0 Å². The Balaban J connectivity index is 1.51. The number of carbonyl (C=O) groups is 2. The predicted molar refractivity (Wildman–Crippen MR) is 154 cm³/mol. The highest BCUT2D eigenvalue weighted by atomic mass is 32.1. The van der Waals surface area contributed by atoms with Crippen LogP contribution in [-0.4, -0.2) is 24.0 Å². The molecule has 2 amide bonds. The minimum absolute atomic E-state index is 0.238. The minimum Gasteiger partial charge on any atom is -0.497 e. The maximum atomic E-state index is 14.9. The number of rotatable bonds is 4. The van der Waals surface area contributed by atoms with Gasteiger partial charge >= 0.3 is 0 Å². The van der Waals surface area contributed by atoms with Gasteiger partial charge in [0.05, 0.1) is 19.3 Å². The van der Waals surface area contributed by atoms with Crippen LogP contribution in [0.25, 0.3) is 0 Å². The second-order valence-corrected chi connectivity index (χ2v) is 10.2. The van der Waals surface area contributed by atoms with Crippen LogP contribution >= 0.6 is 12.2 Å². The van der Waals surface area contributed by atoms with Crippen LogP contribution in [0.4, 0.5) is 17.1 Å². The van der Waals surface area contributed by atoms with Crippen LogP contribution in [-0.2, 0) is 27.2 Å². The van der Waals surface area contributed by atoms with E-state index in [-0.39, 0.29) is 16.9 Å². The van der Waals surface area contributed by atoms with Crippen molar-refractivity contribution in [2.75, 3.05) is 22.2 Å². The van der Waals surface area contributed by atoms with E-state index in [0.717, 1.165) is 11.3 Å². The van der Waals surface area contributed by atoms with E-state index >= 15 is 0 Å². The number of benzene rings is 4. The van der Waals surface area contributed by atoms with Crippen molar-refractivity contribution in [3.63, 3.8) is 0 Å². The van der Waals surface area contributed by atoms with E-state index in [0.29, 0.717) is 34.8 Å². The quantitative estimate of drug-likeness (QED) is 0.372. The number of amides is 2. The molecule has 0 unspecified atom stereocenters. The molecule has 3 aliphatic heterocycles.